The van der Waals surface area contributed by atoms with Gasteiger partial charge in [0.05, 0.1) is 6.54 Å². The predicted octanol–water partition coefficient (Wildman–Crippen LogP) is 3.44. The van der Waals surface area contributed by atoms with E-state index in [0.29, 0.717) is 12.5 Å². The number of amides is 1. The van der Waals surface area contributed by atoms with E-state index in [1.165, 1.54) is 59.2 Å². The molecular weight excluding hydrogens is 372 g/mol. The molecular formula is C25H30N4O. The minimum absolute atomic E-state index is 0.261. The topological polar surface area (TPSA) is 65.4 Å². The predicted molar refractivity (Wildman–Crippen MR) is 122 cm³/mol. The maximum absolute atomic E-state index is 11.2. The van der Waals surface area contributed by atoms with Gasteiger partial charge in [0.25, 0.3) is 0 Å². The monoisotopic (exact) mass is 402 g/mol. The zero-order valence-electron chi connectivity index (χ0n) is 17.4. The molecule has 3 aromatic rings. The second-order valence-corrected chi connectivity index (χ2v) is 8.79. The quantitative estimate of drug-likeness (QED) is 0.664. The average Bonchev–Trinajstić information content (AvgIpc) is 3.38. The molecule has 1 amide bonds. The van der Waals surface area contributed by atoms with Crippen molar-refractivity contribution >= 4 is 22.5 Å². The second kappa shape index (κ2) is 8.15. The van der Waals surface area contributed by atoms with Gasteiger partial charge in [0.2, 0.25) is 5.91 Å². The number of H-pyrrole nitrogens is 1. The van der Waals surface area contributed by atoms with E-state index in [2.05, 4.69) is 57.2 Å². The lowest BCUT2D eigenvalue weighted by atomic mass is 9.89. The van der Waals surface area contributed by atoms with Gasteiger partial charge >= 0.3 is 0 Å². The van der Waals surface area contributed by atoms with Crippen molar-refractivity contribution in [3.05, 3.63) is 65.4 Å². The number of anilines is 1. The highest BCUT2D eigenvalue weighted by molar-refractivity contribution is 5.81. The molecule has 0 unspecified atom stereocenters. The van der Waals surface area contributed by atoms with E-state index < -0.39 is 0 Å². The van der Waals surface area contributed by atoms with Crippen LogP contribution in [0.15, 0.2) is 48.7 Å². The first-order valence-electron chi connectivity index (χ1n) is 11.1. The smallest absolute Gasteiger partial charge is 0.236 e. The first-order chi connectivity index (χ1) is 14.7. The standard InChI is InChI=1S/C25H30N4O/c26-25(30)17-29-14-9-22-15-18(1-4-24(22)29)6-11-28-12-7-19(8-13-28)20-2-3-23-21(16-20)5-10-27-23/h1-5,10,15-16,19,27H,6-9,11-14,17H2,(H2,26,30). The summed E-state index contributed by atoms with van der Waals surface area (Å²) in [5.41, 5.74) is 12.0. The number of aromatic amines is 1. The number of nitrogens with two attached hydrogens (primary N) is 1. The number of nitrogens with zero attached hydrogens (tertiary/aromatic N) is 2. The van der Waals surface area contributed by atoms with Crippen molar-refractivity contribution in [2.75, 3.05) is 37.6 Å². The molecule has 3 N–H and O–H groups in total. The van der Waals surface area contributed by atoms with Crippen molar-refractivity contribution in [3.8, 4) is 0 Å². The van der Waals surface area contributed by atoms with Crippen molar-refractivity contribution < 1.29 is 4.79 Å². The molecule has 1 aromatic heterocycles. The summed E-state index contributed by atoms with van der Waals surface area (Å²) in [4.78, 5) is 19.2. The molecule has 1 saturated heterocycles. The van der Waals surface area contributed by atoms with E-state index in [1.807, 2.05) is 6.20 Å². The Bertz CT molecular complexity index is 1050. The van der Waals surface area contributed by atoms with Crippen molar-refractivity contribution in [2.45, 2.75) is 31.6 Å². The molecule has 30 heavy (non-hydrogen) atoms. The van der Waals surface area contributed by atoms with Gasteiger partial charge < -0.3 is 20.5 Å². The maximum atomic E-state index is 11.2. The Balaban J connectivity index is 1.14. The maximum Gasteiger partial charge on any atom is 0.236 e. The fraction of sp³-hybridized carbons (Fsp3) is 0.400. The highest BCUT2D eigenvalue weighted by Crippen LogP contribution is 2.31. The van der Waals surface area contributed by atoms with Crippen LogP contribution in [0.5, 0.6) is 0 Å². The summed E-state index contributed by atoms with van der Waals surface area (Å²) < 4.78 is 0. The fourth-order valence-electron chi connectivity index (χ4n) is 5.13. The molecule has 5 rings (SSSR count). The molecule has 0 radical (unpaired) electrons. The lowest BCUT2D eigenvalue weighted by molar-refractivity contribution is -0.116. The van der Waals surface area contributed by atoms with Crippen molar-refractivity contribution in [2.24, 2.45) is 5.73 Å². The summed E-state index contributed by atoms with van der Waals surface area (Å²) in [6, 6.07) is 15.8. The molecule has 156 valence electrons. The molecule has 0 saturated carbocycles. The number of primary amides is 1. The van der Waals surface area contributed by atoms with Crippen LogP contribution in [-0.4, -0.2) is 48.5 Å². The van der Waals surface area contributed by atoms with Gasteiger partial charge in [-0.3, -0.25) is 4.79 Å². The second-order valence-electron chi connectivity index (χ2n) is 8.79. The largest absolute Gasteiger partial charge is 0.368 e. The minimum Gasteiger partial charge on any atom is -0.368 e. The summed E-state index contributed by atoms with van der Waals surface area (Å²) in [6.07, 6.45) is 6.59. The van der Waals surface area contributed by atoms with E-state index >= 15 is 0 Å². The van der Waals surface area contributed by atoms with E-state index in [0.717, 1.165) is 25.9 Å². The third-order valence-electron chi connectivity index (χ3n) is 6.84. The number of fused-ring (bicyclic) bond motifs is 2. The van der Waals surface area contributed by atoms with Crippen LogP contribution in [0.25, 0.3) is 10.9 Å². The van der Waals surface area contributed by atoms with Crippen LogP contribution in [-0.2, 0) is 17.6 Å². The van der Waals surface area contributed by atoms with Crippen molar-refractivity contribution in [3.63, 3.8) is 0 Å². The Labute approximate surface area is 177 Å². The number of carbonyl (C=O) groups excluding carboxylic acids is 1. The van der Waals surface area contributed by atoms with Gasteiger partial charge in [-0.1, -0.05) is 18.2 Å². The highest BCUT2D eigenvalue weighted by atomic mass is 16.1. The molecule has 0 atom stereocenters. The molecule has 0 bridgehead atoms. The molecule has 0 spiro atoms. The summed E-state index contributed by atoms with van der Waals surface area (Å²) in [5, 5.41) is 1.32. The number of piperidine rings is 1. The number of likely N-dealkylation sites (tertiary alicyclic amines) is 1. The van der Waals surface area contributed by atoms with E-state index in [1.54, 1.807) is 0 Å². The number of rotatable bonds is 6. The Morgan fingerprint density at radius 3 is 2.77 bits per heavy atom. The van der Waals surface area contributed by atoms with Crippen LogP contribution in [0.2, 0.25) is 0 Å². The normalized spacial score (nSPS) is 17.5. The summed E-state index contributed by atoms with van der Waals surface area (Å²) >= 11 is 0. The van der Waals surface area contributed by atoms with Gasteiger partial charge in [0.15, 0.2) is 0 Å². The third kappa shape index (κ3) is 3.94. The van der Waals surface area contributed by atoms with Gasteiger partial charge in [-0.25, -0.2) is 0 Å². The van der Waals surface area contributed by atoms with Crippen LogP contribution >= 0.6 is 0 Å². The van der Waals surface area contributed by atoms with Crippen LogP contribution in [0.4, 0.5) is 5.69 Å². The van der Waals surface area contributed by atoms with E-state index in [4.69, 9.17) is 5.73 Å². The van der Waals surface area contributed by atoms with Gasteiger partial charge in [-0.2, -0.15) is 0 Å². The molecule has 2 aliphatic rings. The first-order valence-corrected chi connectivity index (χ1v) is 11.1. The van der Waals surface area contributed by atoms with Gasteiger partial charge in [-0.05, 0) is 91.0 Å². The van der Waals surface area contributed by atoms with Crippen LogP contribution in [0, 0.1) is 0 Å². The molecule has 3 heterocycles. The Morgan fingerprint density at radius 2 is 1.93 bits per heavy atom. The number of hydrogen-bond acceptors (Lipinski definition) is 3. The Kier molecular flexibility index (Phi) is 5.21. The Hall–Kier alpha value is -2.79. The lowest BCUT2D eigenvalue weighted by Crippen LogP contribution is -2.34. The number of benzene rings is 2. The van der Waals surface area contributed by atoms with E-state index in [-0.39, 0.29) is 5.91 Å². The number of carbonyl (C=O) groups is 1. The summed E-state index contributed by atoms with van der Waals surface area (Å²) in [7, 11) is 0. The van der Waals surface area contributed by atoms with Crippen LogP contribution in [0.3, 0.4) is 0 Å². The zero-order valence-corrected chi connectivity index (χ0v) is 17.4. The lowest BCUT2D eigenvalue weighted by Gasteiger charge is -2.32. The molecule has 5 heteroatoms. The summed E-state index contributed by atoms with van der Waals surface area (Å²) in [5.74, 6) is 0.417. The van der Waals surface area contributed by atoms with Gasteiger partial charge in [-0.15, -0.1) is 0 Å². The molecule has 2 aliphatic heterocycles. The van der Waals surface area contributed by atoms with Crippen LogP contribution in [0.1, 0.15) is 35.4 Å². The SMILES string of the molecule is NC(=O)CN1CCc2cc(CCN3CCC(c4ccc5[nH]ccc5c4)CC3)ccc21. The third-order valence-corrected chi connectivity index (χ3v) is 6.84. The number of nitrogens with one attached hydrogen (secondary N) is 1. The molecule has 0 aliphatic carbocycles. The number of hydrogen-bond donors (Lipinski definition) is 2. The molecule has 2 aromatic carbocycles. The average molecular weight is 403 g/mol. The summed E-state index contributed by atoms with van der Waals surface area (Å²) in [6.45, 7) is 4.68. The fourth-order valence-corrected chi connectivity index (χ4v) is 5.13. The van der Waals surface area contributed by atoms with Gasteiger partial charge in [0.1, 0.15) is 0 Å². The molecule has 1 fully saturated rings. The van der Waals surface area contributed by atoms with Gasteiger partial charge in [0, 0.05) is 30.5 Å². The Morgan fingerprint density at radius 1 is 1.07 bits per heavy atom. The molecule has 5 nitrogen and oxygen atoms in total. The van der Waals surface area contributed by atoms with Crippen molar-refractivity contribution in [1.29, 1.82) is 0 Å². The van der Waals surface area contributed by atoms with E-state index in [9.17, 15) is 4.79 Å². The van der Waals surface area contributed by atoms with Crippen LogP contribution < -0.4 is 10.6 Å². The number of aromatic nitrogens is 1. The highest BCUT2D eigenvalue weighted by Gasteiger charge is 2.22. The first kappa shape index (κ1) is 19.2. The zero-order chi connectivity index (χ0) is 20.5. The minimum atomic E-state index is -0.261. The van der Waals surface area contributed by atoms with Crippen molar-refractivity contribution in [1.82, 2.24) is 9.88 Å².